The molecule has 17 heavy (non-hydrogen) atoms. The Balaban J connectivity index is 1.81. The largest absolute Gasteiger partial charge is 0.468 e. The van der Waals surface area contributed by atoms with E-state index in [1.165, 1.54) is 4.88 Å². The van der Waals surface area contributed by atoms with Crippen LogP contribution in [0.15, 0.2) is 34.3 Å². The average molecular weight is 263 g/mol. The first-order valence-corrected chi connectivity index (χ1v) is 7.28. The van der Waals surface area contributed by atoms with Crippen LogP contribution in [-0.4, -0.2) is 6.54 Å². The van der Waals surface area contributed by atoms with Crippen LogP contribution in [0.1, 0.15) is 16.2 Å². The van der Waals surface area contributed by atoms with Gasteiger partial charge in [0.1, 0.15) is 5.76 Å². The highest BCUT2D eigenvalue weighted by molar-refractivity contribution is 7.97. The number of thiophene rings is 1. The predicted octanol–water partition coefficient (Wildman–Crippen LogP) is 3.08. The van der Waals surface area contributed by atoms with Crippen LogP contribution in [-0.2, 0) is 11.5 Å². The Morgan fingerprint density at radius 1 is 1.41 bits per heavy atom. The maximum absolute atomic E-state index is 5.33. The van der Waals surface area contributed by atoms with Gasteiger partial charge in [-0.2, -0.15) is 0 Å². The summed E-state index contributed by atoms with van der Waals surface area (Å²) < 4.78 is 5.28. The fourth-order valence-electron chi connectivity index (χ4n) is 1.32. The van der Waals surface area contributed by atoms with E-state index in [1.807, 2.05) is 23.9 Å². The normalized spacial score (nSPS) is 9.94. The second-order valence-corrected chi connectivity index (χ2v) is 5.36. The second-order valence-electron chi connectivity index (χ2n) is 3.38. The Morgan fingerprint density at radius 3 is 3.12 bits per heavy atom. The zero-order valence-electron chi connectivity index (χ0n) is 9.31. The monoisotopic (exact) mass is 263 g/mol. The highest BCUT2D eigenvalue weighted by Crippen LogP contribution is 2.22. The third-order valence-electron chi connectivity index (χ3n) is 2.06. The molecule has 0 aliphatic carbocycles. The third-order valence-corrected chi connectivity index (χ3v) is 4.18. The van der Waals surface area contributed by atoms with E-state index in [2.05, 4.69) is 23.3 Å². The molecule has 0 saturated carbocycles. The van der Waals surface area contributed by atoms with Crippen molar-refractivity contribution in [3.8, 4) is 11.8 Å². The molecule has 4 heteroatoms. The van der Waals surface area contributed by atoms with Gasteiger partial charge in [0.15, 0.2) is 0 Å². The fraction of sp³-hybridized carbons (Fsp3) is 0.231. The smallest absolute Gasteiger partial charge is 0.113 e. The van der Waals surface area contributed by atoms with E-state index in [0.29, 0.717) is 6.54 Å². The van der Waals surface area contributed by atoms with Gasteiger partial charge >= 0.3 is 0 Å². The van der Waals surface area contributed by atoms with Gasteiger partial charge in [-0.25, -0.2) is 0 Å². The maximum Gasteiger partial charge on any atom is 0.113 e. The molecular formula is C13H13NOS2. The zero-order valence-corrected chi connectivity index (χ0v) is 10.9. The molecule has 0 amide bonds. The molecule has 0 atom stereocenters. The topological polar surface area (TPSA) is 39.2 Å². The lowest BCUT2D eigenvalue weighted by atomic mass is 10.3. The van der Waals surface area contributed by atoms with Gasteiger partial charge in [0.2, 0.25) is 0 Å². The molecule has 0 aromatic carbocycles. The lowest BCUT2D eigenvalue weighted by Crippen LogP contribution is -1.92. The standard InChI is InChI=1S/C13H13NOS2/c14-5-1-3-11-7-13(17-8-11)10-16-9-12-4-2-6-15-12/h2,4,6-8H,5,9-10,14H2. The van der Waals surface area contributed by atoms with Crippen LogP contribution in [0.4, 0.5) is 0 Å². The summed E-state index contributed by atoms with van der Waals surface area (Å²) in [5.41, 5.74) is 6.40. The highest BCUT2D eigenvalue weighted by Gasteiger charge is 2.00. The molecule has 0 aliphatic rings. The van der Waals surface area contributed by atoms with Crippen molar-refractivity contribution in [1.29, 1.82) is 0 Å². The predicted molar refractivity (Wildman–Crippen MR) is 74.0 cm³/mol. The van der Waals surface area contributed by atoms with Crippen molar-refractivity contribution in [2.24, 2.45) is 5.73 Å². The van der Waals surface area contributed by atoms with Crippen molar-refractivity contribution in [3.05, 3.63) is 46.0 Å². The molecule has 2 heterocycles. The summed E-state index contributed by atoms with van der Waals surface area (Å²) in [5, 5.41) is 2.07. The number of thioether (sulfide) groups is 1. The summed E-state index contributed by atoms with van der Waals surface area (Å²) in [5.74, 6) is 8.83. The molecule has 2 rings (SSSR count). The van der Waals surface area contributed by atoms with Gasteiger partial charge in [0, 0.05) is 21.6 Å². The van der Waals surface area contributed by atoms with Gasteiger partial charge < -0.3 is 10.2 Å². The molecule has 0 radical (unpaired) electrons. The number of nitrogens with two attached hydrogens (primary N) is 1. The van der Waals surface area contributed by atoms with Crippen molar-refractivity contribution in [3.63, 3.8) is 0 Å². The van der Waals surface area contributed by atoms with E-state index in [9.17, 15) is 0 Å². The van der Waals surface area contributed by atoms with Crippen molar-refractivity contribution in [2.45, 2.75) is 11.5 Å². The molecule has 2 aromatic rings. The summed E-state index contributed by atoms with van der Waals surface area (Å²) >= 11 is 3.59. The first kappa shape index (κ1) is 12.3. The molecule has 0 aliphatic heterocycles. The van der Waals surface area contributed by atoms with E-state index < -0.39 is 0 Å². The SMILES string of the molecule is NCC#Cc1csc(CSCc2ccco2)c1. The Bertz CT molecular complexity index is 505. The van der Waals surface area contributed by atoms with E-state index in [1.54, 1.807) is 17.6 Å². The van der Waals surface area contributed by atoms with E-state index in [-0.39, 0.29) is 0 Å². The average Bonchev–Trinajstić information content (AvgIpc) is 2.98. The number of hydrogen-bond acceptors (Lipinski definition) is 4. The van der Waals surface area contributed by atoms with E-state index >= 15 is 0 Å². The minimum absolute atomic E-state index is 0.415. The van der Waals surface area contributed by atoms with Crippen LogP contribution in [0.5, 0.6) is 0 Å². The van der Waals surface area contributed by atoms with Crippen molar-refractivity contribution < 1.29 is 4.42 Å². The molecule has 2 N–H and O–H groups in total. The van der Waals surface area contributed by atoms with Crippen molar-refractivity contribution in [1.82, 2.24) is 0 Å². The third kappa shape index (κ3) is 3.97. The van der Waals surface area contributed by atoms with Gasteiger partial charge in [0.05, 0.1) is 18.6 Å². The molecule has 0 unspecified atom stereocenters. The summed E-state index contributed by atoms with van der Waals surface area (Å²) in [7, 11) is 0. The van der Waals surface area contributed by atoms with Crippen LogP contribution in [0.2, 0.25) is 0 Å². The van der Waals surface area contributed by atoms with Crippen LogP contribution in [0.25, 0.3) is 0 Å². The molecule has 0 bridgehead atoms. The maximum atomic E-state index is 5.33. The van der Waals surface area contributed by atoms with Crippen molar-refractivity contribution >= 4 is 23.1 Å². The number of hydrogen-bond donors (Lipinski definition) is 1. The summed E-state index contributed by atoms with van der Waals surface area (Å²) in [6.07, 6.45) is 1.71. The van der Waals surface area contributed by atoms with Gasteiger partial charge in [-0.05, 0) is 18.2 Å². The molecule has 2 aromatic heterocycles. The molecular weight excluding hydrogens is 250 g/mol. The Hall–Kier alpha value is -1.15. The molecule has 88 valence electrons. The zero-order chi connectivity index (χ0) is 11.9. The first-order chi connectivity index (χ1) is 8.38. The fourth-order valence-corrected chi connectivity index (χ4v) is 3.20. The summed E-state index contributed by atoms with van der Waals surface area (Å²) in [6.45, 7) is 0.415. The quantitative estimate of drug-likeness (QED) is 0.862. The van der Waals surface area contributed by atoms with Gasteiger partial charge in [-0.3, -0.25) is 0 Å². The number of furan rings is 1. The van der Waals surface area contributed by atoms with Crippen LogP contribution >= 0.6 is 23.1 Å². The highest BCUT2D eigenvalue weighted by atomic mass is 32.2. The Morgan fingerprint density at radius 2 is 2.35 bits per heavy atom. The minimum Gasteiger partial charge on any atom is -0.468 e. The van der Waals surface area contributed by atoms with Crippen molar-refractivity contribution in [2.75, 3.05) is 6.54 Å². The van der Waals surface area contributed by atoms with Gasteiger partial charge in [0.25, 0.3) is 0 Å². The van der Waals surface area contributed by atoms with Crippen LogP contribution in [0, 0.1) is 11.8 Å². The summed E-state index contributed by atoms with van der Waals surface area (Å²) in [4.78, 5) is 1.34. The Labute approximate surface area is 109 Å². The minimum atomic E-state index is 0.415. The van der Waals surface area contributed by atoms with E-state index in [4.69, 9.17) is 10.2 Å². The number of rotatable bonds is 4. The molecule has 2 nitrogen and oxygen atoms in total. The Kier molecular flexibility index (Phi) is 4.75. The van der Waals surface area contributed by atoms with E-state index in [0.717, 1.165) is 22.8 Å². The van der Waals surface area contributed by atoms with Crippen LogP contribution in [0.3, 0.4) is 0 Å². The molecule has 0 spiro atoms. The van der Waals surface area contributed by atoms with Gasteiger partial charge in [-0.1, -0.05) is 11.8 Å². The lowest BCUT2D eigenvalue weighted by molar-refractivity contribution is 0.530. The lowest BCUT2D eigenvalue weighted by Gasteiger charge is -1.95. The molecule has 0 saturated heterocycles. The summed E-state index contributed by atoms with van der Waals surface area (Å²) in [6, 6.07) is 6.05. The van der Waals surface area contributed by atoms with Gasteiger partial charge in [-0.15, -0.1) is 23.1 Å². The molecule has 0 fully saturated rings. The second kappa shape index (κ2) is 6.55. The van der Waals surface area contributed by atoms with Crippen LogP contribution < -0.4 is 5.73 Å². The first-order valence-electron chi connectivity index (χ1n) is 5.25.